The van der Waals surface area contributed by atoms with Gasteiger partial charge in [0.05, 0.1) is 16.9 Å². The monoisotopic (exact) mass is 379 g/mol. The third kappa shape index (κ3) is 2.47. The molecule has 0 bridgehead atoms. The van der Waals surface area contributed by atoms with E-state index in [2.05, 4.69) is 26.0 Å². The number of hydrogen-bond donors (Lipinski definition) is 1. The number of nitrogens with zero attached hydrogens (tertiary/aromatic N) is 2. The van der Waals surface area contributed by atoms with Crippen molar-refractivity contribution in [3.8, 4) is 5.69 Å². The maximum atomic E-state index is 12.8. The highest BCUT2D eigenvalue weighted by Crippen LogP contribution is 2.32. The molecule has 1 aliphatic heterocycles. The largest absolute Gasteiger partial charge is 0.295 e. The highest BCUT2D eigenvalue weighted by Gasteiger charge is 2.15. The molecule has 3 aromatic rings. The predicted molar refractivity (Wildman–Crippen MR) is 101 cm³/mol. The van der Waals surface area contributed by atoms with Crippen LogP contribution in [0.2, 0.25) is 0 Å². The molecule has 0 spiro atoms. The van der Waals surface area contributed by atoms with Gasteiger partial charge in [-0.3, -0.25) is 14.9 Å². The van der Waals surface area contributed by atoms with Gasteiger partial charge in [-0.05, 0) is 37.3 Å². The number of aromatic nitrogens is 2. The second kappa shape index (κ2) is 5.76. The van der Waals surface area contributed by atoms with Crippen molar-refractivity contribution in [2.24, 2.45) is 4.99 Å². The first kappa shape index (κ1) is 14.9. The van der Waals surface area contributed by atoms with E-state index in [1.54, 1.807) is 10.9 Å². The number of aromatic amines is 1. The first-order chi connectivity index (χ1) is 11.6. The molecule has 2 aromatic carbocycles. The SMILES string of the molecule is Cc1[nH]n(-c2cccc(Br)c2)c(=O)c1/C=C1\C=Nc2ccccc21. The highest BCUT2D eigenvalue weighted by atomic mass is 79.9. The summed E-state index contributed by atoms with van der Waals surface area (Å²) in [5, 5.41) is 3.15. The molecule has 1 N–H and O–H groups in total. The Balaban J connectivity index is 1.83. The summed E-state index contributed by atoms with van der Waals surface area (Å²) in [5.41, 5.74) is 5.12. The average molecular weight is 380 g/mol. The number of aryl methyl sites for hydroxylation is 1. The molecule has 5 heteroatoms. The number of allylic oxidation sites excluding steroid dienone is 1. The van der Waals surface area contributed by atoms with Crippen LogP contribution in [0.5, 0.6) is 0 Å². The van der Waals surface area contributed by atoms with Gasteiger partial charge in [-0.25, -0.2) is 4.68 Å². The number of halogens is 1. The molecule has 0 unspecified atom stereocenters. The zero-order valence-corrected chi connectivity index (χ0v) is 14.5. The van der Waals surface area contributed by atoms with Gasteiger partial charge in [0, 0.05) is 27.5 Å². The molecule has 4 nitrogen and oxygen atoms in total. The first-order valence-electron chi connectivity index (χ1n) is 7.56. The third-order valence-corrected chi connectivity index (χ3v) is 4.53. The van der Waals surface area contributed by atoms with E-state index >= 15 is 0 Å². The molecule has 0 atom stereocenters. The van der Waals surface area contributed by atoms with Crippen molar-refractivity contribution in [1.82, 2.24) is 9.78 Å². The second-order valence-corrected chi connectivity index (χ2v) is 6.56. The molecule has 1 aromatic heterocycles. The van der Waals surface area contributed by atoms with Crippen molar-refractivity contribution in [1.29, 1.82) is 0 Å². The lowest BCUT2D eigenvalue weighted by Gasteiger charge is -2.01. The van der Waals surface area contributed by atoms with Crippen molar-refractivity contribution in [2.45, 2.75) is 6.92 Å². The minimum atomic E-state index is -0.0733. The van der Waals surface area contributed by atoms with Crippen LogP contribution in [0.3, 0.4) is 0 Å². The van der Waals surface area contributed by atoms with Crippen LogP contribution in [0.15, 0.2) is 62.8 Å². The van der Waals surface area contributed by atoms with Crippen molar-refractivity contribution in [3.63, 3.8) is 0 Å². The Bertz CT molecular complexity index is 1060. The summed E-state index contributed by atoms with van der Waals surface area (Å²) in [6.45, 7) is 1.90. The summed E-state index contributed by atoms with van der Waals surface area (Å²) in [4.78, 5) is 17.2. The Kier molecular flexibility index (Phi) is 3.58. The summed E-state index contributed by atoms with van der Waals surface area (Å²) < 4.78 is 2.49. The smallest absolute Gasteiger partial charge is 0.278 e. The number of benzene rings is 2. The Morgan fingerprint density at radius 2 is 2.00 bits per heavy atom. The maximum absolute atomic E-state index is 12.8. The summed E-state index contributed by atoms with van der Waals surface area (Å²) in [6.07, 6.45) is 3.71. The molecule has 0 aliphatic carbocycles. The Hall–Kier alpha value is -2.66. The number of fused-ring (bicyclic) bond motifs is 1. The summed E-state index contributed by atoms with van der Waals surface area (Å²) in [5.74, 6) is 0. The quantitative estimate of drug-likeness (QED) is 0.700. The lowest BCUT2D eigenvalue weighted by atomic mass is 10.0. The molecular weight excluding hydrogens is 366 g/mol. The van der Waals surface area contributed by atoms with Crippen molar-refractivity contribution >= 4 is 39.5 Å². The van der Waals surface area contributed by atoms with Gasteiger partial charge >= 0.3 is 0 Å². The fraction of sp³-hybridized carbons (Fsp3) is 0.0526. The number of para-hydroxylation sites is 1. The summed E-state index contributed by atoms with van der Waals surface area (Å²) >= 11 is 3.44. The Morgan fingerprint density at radius 3 is 2.83 bits per heavy atom. The zero-order valence-electron chi connectivity index (χ0n) is 13.0. The number of rotatable bonds is 2. The molecule has 24 heavy (non-hydrogen) atoms. The molecule has 118 valence electrons. The number of H-pyrrole nitrogens is 1. The molecule has 2 heterocycles. The van der Waals surface area contributed by atoms with Crippen LogP contribution in [0.25, 0.3) is 17.3 Å². The van der Waals surface area contributed by atoms with E-state index in [4.69, 9.17) is 0 Å². The van der Waals surface area contributed by atoms with Gasteiger partial charge in [0.15, 0.2) is 0 Å². The van der Waals surface area contributed by atoms with Gasteiger partial charge in [0.25, 0.3) is 5.56 Å². The van der Waals surface area contributed by atoms with Crippen LogP contribution in [0.1, 0.15) is 16.8 Å². The lowest BCUT2D eigenvalue weighted by molar-refractivity contribution is 0.834. The van der Waals surface area contributed by atoms with Gasteiger partial charge in [0.1, 0.15) is 0 Å². The van der Waals surface area contributed by atoms with Crippen LogP contribution >= 0.6 is 15.9 Å². The fourth-order valence-corrected chi connectivity index (χ4v) is 3.22. The number of aliphatic imine (C=N–C) groups is 1. The van der Waals surface area contributed by atoms with Crippen molar-refractivity contribution in [3.05, 3.63) is 80.2 Å². The second-order valence-electron chi connectivity index (χ2n) is 5.65. The van der Waals surface area contributed by atoms with Gasteiger partial charge < -0.3 is 0 Å². The Labute approximate surface area is 147 Å². The van der Waals surface area contributed by atoms with E-state index in [0.29, 0.717) is 5.56 Å². The van der Waals surface area contributed by atoms with Gasteiger partial charge in [-0.1, -0.05) is 40.2 Å². The van der Waals surface area contributed by atoms with E-state index in [0.717, 1.165) is 32.7 Å². The molecule has 0 saturated heterocycles. The first-order valence-corrected chi connectivity index (χ1v) is 8.35. The zero-order chi connectivity index (χ0) is 16.7. The summed E-state index contributed by atoms with van der Waals surface area (Å²) in [7, 11) is 0. The molecular formula is C19H14BrN3O. The maximum Gasteiger partial charge on any atom is 0.278 e. The van der Waals surface area contributed by atoms with Crippen LogP contribution in [-0.4, -0.2) is 16.0 Å². The normalized spacial score (nSPS) is 14.3. The molecule has 0 amide bonds. The number of hydrogen-bond acceptors (Lipinski definition) is 2. The van der Waals surface area contributed by atoms with Gasteiger partial charge in [-0.15, -0.1) is 0 Å². The van der Waals surface area contributed by atoms with E-state index < -0.39 is 0 Å². The van der Waals surface area contributed by atoms with Crippen LogP contribution in [0.4, 0.5) is 5.69 Å². The third-order valence-electron chi connectivity index (χ3n) is 4.04. The standard InChI is InChI=1S/C19H14BrN3O/c1-12-17(9-13-11-21-18-8-3-2-7-16(13)18)19(24)23(22-12)15-6-4-5-14(20)10-15/h2-11,22H,1H3/b13-9+. The molecule has 1 aliphatic rings. The van der Waals surface area contributed by atoms with E-state index in [-0.39, 0.29) is 5.56 Å². The molecule has 0 radical (unpaired) electrons. The minimum absolute atomic E-state index is 0.0733. The average Bonchev–Trinajstić information content (AvgIpc) is 3.11. The van der Waals surface area contributed by atoms with E-state index in [1.165, 1.54) is 0 Å². The number of nitrogens with one attached hydrogen (secondary N) is 1. The fourth-order valence-electron chi connectivity index (χ4n) is 2.84. The van der Waals surface area contributed by atoms with E-state index in [9.17, 15) is 4.79 Å². The van der Waals surface area contributed by atoms with E-state index in [1.807, 2.05) is 61.5 Å². The van der Waals surface area contributed by atoms with Crippen LogP contribution in [-0.2, 0) is 0 Å². The van der Waals surface area contributed by atoms with Crippen molar-refractivity contribution in [2.75, 3.05) is 0 Å². The molecule has 0 saturated carbocycles. The molecule has 0 fully saturated rings. The minimum Gasteiger partial charge on any atom is -0.295 e. The summed E-state index contributed by atoms with van der Waals surface area (Å²) in [6, 6.07) is 15.6. The predicted octanol–water partition coefficient (Wildman–Crippen LogP) is 4.49. The van der Waals surface area contributed by atoms with Crippen molar-refractivity contribution < 1.29 is 0 Å². The van der Waals surface area contributed by atoms with Gasteiger partial charge in [0.2, 0.25) is 0 Å². The molecule has 4 rings (SSSR count). The van der Waals surface area contributed by atoms with Gasteiger partial charge in [-0.2, -0.15) is 0 Å². The van der Waals surface area contributed by atoms with Crippen LogP contribution in [0, 0.1) is 6.92 Å². The lowest BCUT2D eigenvalue weighted by Crippen LogP contribution is -2.15. The Morgan fingerprint density at radius 1 is 1.17 bits per heavy atom. The van der Waals surface area contributed by atoms with Crippen LogP contribution < -0.4 is 5.56 Å². The topological polar surface area (TPSA) is 50.1 Å². The highest BCUT2D eigenvalue weighted by molar-refractivity contribution is 9.10.